The molecule has 106 valence electrons. The van der Waals surface area contributed by atoms with E-state index in [9.17, 15) is 14.9 Å². The van der Waals surface area contributed by atoms with E-state index in [1.807, 2.05) is 25.1 Å². The number of aryl methyl sites for hydroxylation is 1. The highest BCUT2D eigenvalue weighted by molar-refractivity contribution is 7.22. The lowest BCUT2D eigenvalue weighted by molar-refractivity contribution is -0.385. The fourth-order valence-electron chi connectivity index (χ4n) is 1.89. The number of rotatable bonds is 3. The molecule has 0 aliphatic carbocycles. The maximum atomic E-state index is 11.5. The summed E-state index contributed by atoms with van der Waals surface area (Å²) < 4.78 is 0.949. The molecule has 3 aromatic rings. The van der Waals surface area contributed by atoms with Crippen molar-refractivity contribution in [3.8, 4) is 0 Å². The van der Waals surface area contributed by atoms with Gasteiger partial charge < -0.3 is 10.3 Å². The van der Waals surface area contributed by atoms with Crippen molar-refractivity contribution in [2.75, 3.05) is 5.32 Å². The Kier molecular flexibility index (Phi) is 3.10. The zero-order valence-corrected chi connectivity index (χ0v) is 11.6. The third kappa shape index (κ3) is 2.34. The Morgan fingerprint density at radius 3 is 2.95 bits per heavy atom. The van der Waals surface area contributed by atoms with Crippen LogP contribution in [0.15, 0.2) is 29.3 Å². The Bertz CT molecular complexity index is 901. The zero-order valence-electron chi connectivity index (χ0n) is 10.8. The van der Waals surface area contributed by atoms with Crippen molar-refractivity contribution in [1.82, 2.24) is 15.0 Å². The van der Waals surface area contributed by atoms with Crippen molar-refractivity contribution >= 4 is 38.2 Å². The molecule has 0 saturated heterocycles. The zero-order chi connectivity index (χ0) is 15.0. The average molecular weight is 303 g/mol. The maximum absolute atomic E-state index is 11.5. The molecule has 9 heteroatoms. The van der Waals surface area contributed by atoms with Gasteiger partial charge in [-0.05, 0) is 18.6 Å². The summed E-state index contributed by atoms with van der Waals surface area (Å²) >= 11 is 1.34. The smallest absolute Gasteiger partial charge is 0.310 e. The highest BCUT2D eigenvalue weighted by Gasteiger charge is 2.21. The van der Waals surface area contributed by atoms with E-state index in [4.69, 9.17) is 0 Å². The first-order chi connectivity index (χ1) is 10.1. The van der Waals surface area contributed by atoms with Crippen molar-refractivity contribution < 1.29 is 4.92 Å². The molecule has 0 spiro atoms. The van der Waals surface area contributed by atoms with Crippen molar-refractivity contribution in [3.05, 3.63) is 50.6 Å². The molecule has 3 rings (SSSR count). The van der Waals surface area contributed by atoms with E-state index in [2.05, 4.69) is 20.3 Å². The summed E-state index contributed by atoms with van der Waals surface area (Å²) in [5.41, 5.74) is 0.380. The van der Waals surface area contributed by atoms with Gasteiger partial charge in [-0.1, -0.05) is 23.5 Å². The van der Waals surface area contributed by atoms with E-state index >= 15 is 0 Å². The maximum Gasteiger partial charge on any atom is 0.376 e. The van der Waals surface area contributed by atoms with E-state index in [0.29, 0.717) is 5.13 Å². The van der Waals surface area contributed by atoms with Crippen LogP contribution in [0.2, 0.25) is 0 Å². The molecule has 0 fully saturated rings. The number of thiazole rings is 1. The van der Waals surface area contributed by atoms with Crippen LogP contribution in [0.3, 0.4) is 0 Å². The molecule has 0 bridgehead atoms. The number of hydrogen-bond acceptors (Lipinski definition) is 7. The number of nitrogens with zero attached hydrogens (tertiary/aromatic N) is 3. The van der Waals surface area contributed by atoms with E-state index in [1.165, 1.54) is 11.3 Å². The van der Waals surface area contributed by atoms with Crippen molar-refractivity contribution in [2.24, 2.45) is 0 Å². The summed E-state index contributed by atoms with van der Waals surface area (Å²) in [6, 6.07) is 5.75. The molecular formula is C12H9N5O3S. The Hall–Kier alpha value is -2.81. The first-order valence-corrected chi connectivity index (χ1v) is 6.73. The number of benzene rings is 1. The fraction of sp³-hybridized carbons (Fsp3) is 0.0833. The van der Waals surface area contributed by atoms with E-state index < -0.39 is 16.2 Å². The van der Waals surface area contributed by atoms with Gasteiger partial charge in [0.25, 0.3) is 0 Å². The van der Waals surface area contributed by atoms with Gasteiger partial charge in [0.1, 0.15) is 0 Å². The summed E-state index contributed by atoms with van der Waals surface area (Å²) in [6.07, 6.45) is 1.11. The predicted molar refractivity (Wildman–Crippen MR) is 79.2 cm³/mol. The minimum Gasteiger partial charge on any atom is -0.310 e. The average Bonchev–Trinajstić information content (AvgIpc) is 2.82. The predicted octanol–water partition coefficient (Wildman–Crippen LogP) is 2.34. The van der Waals surface area contributed by atoms with Gasteiger partial charge in [0, 0.05) is 0 Å². The third-order valence-electron chi connectivity index (χ3n) is 2.86. The number of para-hydroxylation sites is 1. The van der Waals surface area contributed by atoms with Crippen LogP contribution in [0.5, 0.6) is 0 Å². The Balaban J connectivity index is 2.07. The van der Waals surface area contributed by atoms with Crippen molar-refractivity contribution in [3.63, 3.8) is 0 Å². The summed E-state index contributed by atoms with van der Waals surface area (Å²) in [5.74, 6) is -0.125. The first-order valence-electron chi connectivity index (χ1n) is 5.91. The summed E-state index contributed by atoms with van der Waals surface area (Å²) in [6.45, 7) is 1.93. The monoisotopic (exact) mass is 303 g/mol. The molecule has 0 unspecified atom stereocenters. The highest BCUT2D eigenvalue weighted by atomic mass is 32.1. The molecule has 0 atom stereocenters. The van der Waals surface area contributed by atoms with Crippen LogP contribution in [0.25, 0.3) is 10.2 Å². The minimum atomic E-state index is -0.810. The topological polar surface area (TPSA) is 114 Å². The first kappa shape index (κ1) is 13.2. The second-order valence-electron chi connectivity index (χ2n) is 4.25. The number of fused-ring (bicyclic) bond motifs is 1. The van der Waals surface area contributed by atoms with Gasteiger partial charge in [-0.25, -0.2) is 9.97 Å². The van der Waals surface area contributed by atoms with Crippen LogP contribution in [-0.2, 0) is 0 Å². The van der Waals surface area contributed by atoms with Crippen LogP contribution in [0.1, 0.15) is 5.56 Å². The van der Waals surface area contributed by atoms with Gasteiger partial charge in [0.05, 0.1) is 21.5 Å². The number of aromatic nitrogens is 3. The van der Waals surface area contributed by atoms with Gasteiger partial charge in [-0.15, -0.1) is 0 Å². The van der Waals surface area contributed by atoms with Gasteiger partial charge in [0.2, 0.25) is 5.82 Å². The second-order valence-corrected chi connectivity index (χ2v) is 5.28. The van der Waals surface area contributed by atoms with E-state index in [1.54, 1.807) is 0 Å². The van der Waals surface area contributed by atoms with Crippen LogP contribution < -0.4 is 10.9 Å². The molecule has 2 heterocycles. The third-order valence-corrected chi connectivity index (χ3v) is 3.79. The molecule has 21 heavy (non-hydrogen) atoms. The van der Waals surface area contributed by atoms with Crippen LogP contribution >= 0.6 is 11.3 Å². The molecule has 2 N–H and O–H groups in total. The summed E-state index contributed by atoms with van der Waals surface area (Å²) in [4.78, 5) is 32.0. The number of anilines is 2. The van der Waals surface area contributed by atoms with E-state index in [0.717, 1.165) is 22.1 Å². The Morgan fingerprint density at radius 1 is 1.43 bits per heavy atom. The number of hydrogen-bond donors (Lipinski definition) is 2. The highest BCUT2D eigenvalue weighted by Crippen LogP contribution is 2.30. The number of nitro groups is 1. The standard InChI is InChI=1S/C12H9N5O3S/c1-6-3-2-4-7-8(6)15-12(21-7)16-10-9(17(19)20)11(18)14-5-13-10/h2-5H,1H3,(H2,13,14,15,16,18). The van der Waals surface area contributed by atoms with Gasteiger partial charge in [0.15, 0.2) is 5.13 Å². The molecule has 0 aliphatic rings. The molecule has 2 aromatic heterocycles. The van der Waals surface area contributed by atoms with E-state index in [-0.39, 0.29) is 5.82 Å². The summed E-state index contributed by atoms with van der Waals surface area (Å²) in [5, 5.41) is 14.1. The van der Waals surface area contributed by atoms with Crippen molar-refractivity contribution in [2.45, 2.75) is 6.92 Å². The molecule has 1 aromatic carbocycles. The fourth-order valence-corrected chi connectivity index (χ4v) is 2.84. The number of nitrogens with one attached hydrogen (secondary N) is 2. The van der Waals surface area contributed by atoms with Crippen LogP contribution in [0.4, 0.5) is 16.6 Å². The second kappa shape index (κ2) is 4.94. The summed E-state index contributed by atoms with van der Waals surface area (Å²) in [7, 11) is 0. The Morgan fingerprint density at radius 2 is 2.24 bits per heavy atom. The van der Waals surface area contributed by atoms with Crippen molar-refractivity contribution in [1.29, 1.82) is 0 Å². The lowest BCUT2D eigenvalue weighted by Crippen LogP contribution is -2.14. The molecular weight excluding hydrogens is 294 g/mol. The van der Waals surface area contributed by atoms with Gasteiger partial charge in [-0.3, -0.25) is 14.9 Å². The van der Waals surface area contributed by atoms with Gasteiger partial charge >= 0.3 is 11.2 Å². The number of H-pyrrole nitrogens is 1. The van der Waals surface area contributed by atoms with Crippen LogP contribution in [0, 0.1) is 17.0 Å². The lowest BCUT2D eigenvalue weighted by atomic mass is 10.2. The Labute approximate surface area is 121 Å². The SMILES string of the molecule is Cc1cccc2sc(Nc3nc[nH]c(=O)c3[N+](=O)[O-])nc12. The molecule has 0 saturated carbocycles. The molecule has 8 nitrogen and oxygen atoms in total. The quantitative estimate of drug-likeness (QED) is 0.567. The molecule has 0 amide bonds. The number of aromatic amines is 1. The lowest BCUT2D eigenvalue weighted by Gasteiger charge is -2.00. The minimum absolute atomic E-state index is 0.125. The normalized spacial score (nSPS) is 10.7. The van der Waals surface area contributed by atoms with Crippen LogP contribution in [-0.4, -0.2) is 19.9 Å². The van der Waals surface area contributed by atoms with Gasteiger partial charge in [-0.2, -0.15) is 0 Å². The largest absolute Gasteiger partial charge is 0.376 e. The molecule has 0 radical (unpaired) electrons. The molecule has 0 aliphatic heterocycles.